The minimum atomic E-state index is -0.473. The Balaban J connectivity index is 2.66. The molecule has 0 bridgehead atoms. The number of hydrogen-bond acceptors (Lipinski definition) is 2. The molecule has 0 aromatic carbocycles. The Morgan fingerprint density at radius 1 is 1.54 bits per heavy atom. The van der Waals surface area contributed by atoms with Crippen LogP contribution in [0.4, 0.5) is 0 Å². The lowest BCUT2D eigenvalue weighted by molar-refractivity contribution is -0.150. The molecule has 0 aliphatic carbocycles. The molecule has 1 saturated heterocycles. The van der Waals surface area contributed by atoms with Crippen molar-refractivity contribution in [2.45, 2.75) is 26.8 Å². The Bertz CT molecular complexity index is 226. The van der Waals surface area contributed by atoms with Crippen molar-refractivity contribution in [2.24, 2.45) is 5.92 Å². The van der Waals surface area contributed by atoms with Gasteiger partial charge >= 0.3 is 11.8 Å². The highest BCUT2D eigenvalue weighted by molar-refractivity contribution is 6.35. The molecule has 1 N–H and O–H groups in total. The molecule has 1 fully saturated rings. The van der Waals surface area contributed by atoms with Gasteiger partial charge in [-0.2, -0.15) is 0 Å². The van der Waals surface area contributed by atoms with Crippen LogP contribution in [0.15, 0.2) is 0 Å². The largest absolute Gasteiger partial charge is 0.346 e. The predicted molar refractivity (Wildman–Crippen MR) is 49.0 cm³/mol. The van der Waals surface area contributed by atoms with Crippen LogP contribution in [0.1, 0.15) is 20.8 Å². The molecule has 13 heavy (non-hydrogen) atoms. The number of carbonyl (C=O) groups is 2. The Kier molecular flexibility index (Phi) is 2.90. The summed E-state index contributed by atoms with van der Waals surface area (Å²) in [5.41, 5.74) is 0. The summed E-state index contributed by atoms with van der Waals surface area (Å²) in [6, 6.07) is 0.118. The van der Waals surface area contributed by atoms with Crippen molar-refractivity contribution < 1.29 is 9.59 Å². The molecule has 2 amide bonds. The van der Waals surface area contributed by atoms with Gasteiger partial charge in [-0.25, -0.2) is 0 Å². The number of nitrogens with one attached hydrogen (secondary N) is 1. The second-order valence-corrected chi connectivity index (χ2v) is 3.91. The molecular formula is C9H16N2O2. The normalized spacial score (nSPS) is 23.7. The van der Waals surface area contributed by atoms with Gasteiger partial charge in [0.2, 0.25) is 0 Å². The van der Waals surface area contributed by atoms with Crippen molar-refractivity contribution in [3.05, 3.63) is 0 Å². The molecule has 1 aliphatic heterocycles. The summed E-state index contributed by atoms with van der Waals surface area (Å²) in [5.74, 6) is -0.469. The first-order chi connectivity index (χ1) is 6.02. The van der Waals surface area contributed by atoms with E-state index >= 15 is 0 Å². The fourth-order valence-corrected chi connectivity index (χ4v) is 1.41. The maximum Gasteiger partial charge on any atom is 0.312 e. The summed E-state index contributed by atoms with van der Waals surface area (Å²) >= 11 is 0. The van der Waals surface area contributed by atoms with E-state index in [1.54, 1.807) is 4.90 Å². The molecule has 1 heterocycles. The third-order valence-electron chi connectivity index (χ3n) is 2.11. The highest BCUT2D eigenvalue weighted by Gasteiger charge is 2.31. The minimum Gasteiger partial charge on any atom is -0.346 e. The van der Waals surface area contributed by atoms with Crippen LogP contribution in [0.2, 0.25) is 0 Å². The average molecular weight is 184 g/mol. The van der Waals surface area contributed by atoms with Gasteiger partial charge in [-0.05, 0) is 12.8 Å². The number of amides is 2. The molecule has 74 valence electrons. The molecule has 0 aromatic rings. The van der Waals surface area contributed by atoms with Gasteiger partial charge in [-0.3, -0.25) is 9.59 Å². The van der Waals surface area contributed by atoms with Crippen LogP contribution >= 0.6 is 0 Å². The number of carbonyl (C=O) groups excluding carboxylic acids is 2. The summed E-state index contributed by atoms with van der Waals surface area (Å²) in [6.07, 6.45) is 0. The van der Waals surface area contributed by atoms with E-state index in [0.29, 0.717) is 19.0 Å². The van der Waals surface area contributed by atoms with Crippen molar-refractivity contribution in [2.75, 3.05) is 13.1 Å². The lowest BCUT2D eigenvalue weighted by Gasteiger charge is -2.34. The maximum atomic E-state index is 11.4. The Hall–Kier alpha value is -1.06. The van der Waals surface area contributed by atoms with Gasteiger partial charge in [0.15, 0.2) is 0 Å². The highest BCUT2D eigenvalue weighted by Crippen LogP contribution is 2.07. The summed E-state index contributed by atoms with van der Waals surface area (Å²) in [7, 11) is 0. The molecule has 4 heteroatoms. The molecule has 0 saturated carbocycles. The summed E-state index contributed by atoms with van der Waals surface area (Å²) < 4.78 is 0. The van der Waals surface area contributed by atoms with Gasteiger partial charge in [-0.1, -0.05) is 13.8 Å². The van der Waals surface area contributed by atoms with E-state index in [1.807, 2.05) is 20.8 Å². The molecule has 0 spiro atoms. The van der Waals surface area contributed by atoms with Crippen molar-refractivity contribution in [3.63, 3.8) is 0 Å². The molecule has 1 aliphatic rings. The molecule has 0 radical (unpaired) electrons. The maximum absolute atomic E-state index is 11.4. The predicted octanol–water partition coefficient (Wildman–Crippen LogP) is -0.0107. The second-order valence-electron chi connectivity index (χ2n) is 3.91. The lowest BCUT2D eigenvalue weighted by Crippen LogP contribution is -2.57. The number of hydrogen-bond donors (Lipinski definition) is 1. The topological polar surface area (TPSA) is 49.4 Å². The molecule has 1 atom stereocenters. The third-order valence-corrected chi connectivity index (χ3v) is 2.11. The quantitative estimate of drug-likeness (QED) is 0.614. The molecule has 0 aromatic heterocycles. The SMILES string of the molecule is CC(C)CN1C(=O)C(=O)NCC1C. The summed E-state index contributed by atoms with van der Waals surface area (Å²) in [4.78, 5) is 24.1. The summed E-state index contributed by atoms with van der Waals surface area (Å²) in [6.45, 7) is 7.24. The van der Waals surface area contributed by atoms with Gasteiger partial charge in [0, 0.05) is 19.1 Å². The van der Waals surface area contributed by atoms with Gasteiger partial charge in [-0.15, -0.1) is 0 Å². The number of piperazine rings is 1. The van der Waals surface area contributed by atoms with Crippen molar-refractivity contribution in [1.82, 2.24) is 10.2 Å². The zero-order valence-corrected chi connectivity index (χ0v) is 8.33. The zero-order valence-electron chi connectivity index (χ0n) is 8.33. The van der Waals surface area contributed by atoms with Gasteiger partial charge in [0.25, 0.3) is 0 Å². The lowest BCUT2D eigenvalue weighted by atomic mass is 10.1. The van der Waals surface area contributed by atoms with Crippen LogP contribution in [0, 0.1) is 5.92 Å². The van der Waals surface area contributed by atoms with E-state index in [9.17, 15) is 9.59 Å². The zero-order chi connectivity index (χ0) is 10.0. The van der Waals surface area contributed by atoms with Crippen LogP contribution in [-0.2, 0) is 9.59 Å². The number of nitrogens with zero attached hydrogens (tertiary/aromatic N) is 1. The van der Waals surface area contributed by atoms with E-state index in [-0.39, 0.29) is 6.04 Å². The van der Waals surface area contributed by atoms with Crippen LogP contribution in [0.5, 0.6) is 0 Å². The van der Waals surface area contributed by atoms with Gasteiger partial charge in [0.1, 0.15) is 0 Å². The highest BCUT2D eigenvalue weighted by atomic mass is 16.2. The van der Waals surface area contributed by atoms with Crippen molar-refractivity contribution >= 4 is 11.8 Å². The van der Waals surface area contributed by atoms with E-state index < -0.39 is 11.8 Å². The van der Waals surface area contributed by atoms with Gasteiger partial charge < -0.3 is 10.2 Å². The summed E-state index contributed by atoms with van der Waals surface area (Å²) in [5, 5.41) is 2.55. The van der Waals surface area contributed by atoms with Crippen LogP contribution in [0.3, 0.4) is 0 Å². The number of rotatable bonds is 2. The van der Waals surface area contributed by atoms with Gasteiger partial charge in [0.05, 0.1) is 0 Å². The van der Waals surface area contributed by atoms with E-state index in [2.05, 4.69) is 5.32 Å². The van der Waals surface area contributed by atoms with E-state index in [4.69, 9.17) is 0 Å². The first-order valence-corrected chi connectivity index (χ1v) is 4.61. The third kappa shape index (κ3) is 2.20. The Labute approximate surface area is 78.3 Å². The average Bonchev–Trinajstić information content (AvgIpc) is 2.05. The second kappa shape index (κ2) is 3.77. The van der Waals surface area contributed by atoms with Crippen LogP contribution in [0.25, 0.3) is 0 Å². The van der Waals surface area contributed by atoms with Crippen molar-refractivity contribution in [3.8, 4) is 0 Å². The Morgan fingerprint density at radius 2 is 2.15 bits per heavy atom. The fraction of sp³-hybridized carbons (Fsp3) is 0.778. The standard InChI is InChI=1S/C9H16N2O2/c1-6(2)5-11-7(3)4-10-8(12)9(11)13/h6-7H,4-5H2,1-3H3,(H,10,12). The minimum absolute atomic E-state index is 0.118. The monoisotopic (exact) mass is 184 g/mol. The molecular weight excluding hydrogens is 168 g/mol. The fourth-order valence-electron chi connectivity index (χ4n) is 1.41. The molecule has 1 rings (SSSR count). The Morgan fingerprint density at radius 3 is 2.69 bits per heavy atom. The van der Waals surface area contributed by atoms with Crippen LogP contribution in [-0.4, -0.2) is 35.8 Å². The van der Waals surface area contributed by atoms with E-state index in [1.165, 1.54) is 0 Å². The van der Waals surface area contributed by atoms with Crippen LogP contribution < -0.4 is 5.32 Å². The van der Waals surface area contributed by atoms with Crippen molar-refractivity contribution in [1.29, 1.82) is 0 Å². The van der Waals surface area contributed by atoms with E-state index in [0.717, 1.165) is 0 Å². The first-order valence-electron chi connectivity index (χ1n) is 4.61. The molecule has 1 unspecified atom stereocenters. The molecule has 4 nitrogen and oxygen atoms in total. The first kappa shape index (κ1) is 10.0. The smallest absolute Gasteiger partial charge is 0.312 e.